The molecule has 204 valence electrons. The van der Waals surface area contributed by atoms with Crippen molar-refractivity contribution < 1.29 is 28.9 Å². The van der Waals surface area contributed by atoms with E-state index >= 15 is 0 Å². The van der Waals surface area contributed by atoms with Gasteiger partial charge in [-0.1, -0.05) is 24.3 Å². The summed E-state index contributed by atoms with van der Waals surface area (Å²) in [7, 11) is 0. The van der Waals surface area contributed by atoms with Crippen LogP contribution in [0, 0.1) is 13.8 Å². The maximum atomic E-state index is 11.6. The van der Waals surface area contributed by atoms with Gasteiger partial charge in [-0.15, -0.1) is 0 Å². The molecule has 2 aliphatic rings. The number of aryl methyl sites for hydroxylation is 2. The molecule has 0 unspecified atom stereocenters. The van der Waals surface area contributed by atoms with E-state index in [9.17, 15) is 9.59 Å². The topological polar surface area (TPSA) is 85.3 Å². The van der Waals surface area contributed by atoms with Crippen molar-refractivity contribution in [2.24, 2.45) is 0 Å². The Kier molecular flexibility index (Phi) is 7.77. The Balaban J connectivity index is 1.24. The van der Waals surface area contributed by atoms with E-state index in [2.05, 4.69) is 38.1 Å². The van der Waals surface area contributed by atoms with Crippen LogP contribution >= 0.6 is 0 Å². The molecule has 0 aliphatic carbocycles. The first-order valence-electron chi connectivity index (χ1n) is 13.5. The number of piperidine rings is 1. The molecule has 1 saturated heterocycles. The van der Waals surface area contributed by atoms with Gasteiger partial charge in [0.2, 0.25) is 5.91 Å². The van der Waals surface area contributed by atoms with Gasteiger partial charge in [-0.2, -0.15) is 0 Å². The molecule has 2 heterocycles. The quantitative estimate of drug-likeness (QED) is 0.392. The number of carboxylic acid groups (broad SMARTS) is 1. The number of likely N-dealkylation sites (tertiary alicyclic amines) is 1. The number of fused-ring (bicyclic) bond motifs is 1. The van der Waals surface area contributed by atoms with Crippen LogP contribution in [-0.2, 0) is 16.2 Å². The Labute approximate surface area is 229 Å². The Morgan fingerprint density at radius 1 is 1.00 bits per heavy atom. The van der Waals surface area contributed by atoms with Gasteiger partial charge in [-0.3, -0.25) is 9.59 Å². The fourth-order valence-electron chi connectivity index (χ4n) is 5.64. The fraction of sp³-hybridized carbons (Fsp3) is 0.375. The number of nitrogens with zero attached hydrogens (tertiary/aromatic N) is 1. The lowest BCUT2D eigenvalue weighted by Crippen LogP contribution is -2.40. The highest BCUT2D eigenvalue weighted by atomic mass is 16.5. The largest absolute Gasteiger partial charge is 0.492 e. The highest BCUT2D eigenvalue weighted by Gasteiger charge is 2.27. The monoisotopic (exact) mass is 529 g/mol. The number of amides is 1. The van der Waals surface area contributed by atoms with Crippen LogP contribution in [0.1, 0.15) is 54.4 Å². The second-order valence-corrected chi connectivity index (χ2v) is 10.5. The number of hydrogen-bond donors (Lipinski definition) is 1. The van der Waals surface area contributed by atoms with E-state index in [-0.39, 0.29) is 24.3 Å². The Morgan fingerprint density at radius 3 is 2.44 bits per heavy atom. The molecule has 1 fully saturated rings. The molecule has 1 N–H and O–H groups in total. The molecule has 3 aromatic rings. The summed E-state index contributed by atoms with van der Waals surface area (Å²) in [5.41, 5.74) is 6.58. The number of carbonyl (C=O) groups excluding carboxylic acids is 1. The predicted octanol–water partition coefficient (Wildman–Crippen LogP) is 5.89. The van der Waals surface area contributed by atoms with Crippen molar-refractivity contribution in [3.63, 3.8) is 0 Å². The van der Waals surface area contributed by atoms with E-state index < -0.39 is 5.97 Å². The zero-order valence-electron chi connectivity index (χ0n) is 22.7. The number of carboxylic acids is 1. The van der Waals surface area contributed by atoms with Gasteiger partial charge in [0.15, 0.2) is 0 Å². The van der Waals surface area contributed by atoms with Crippen LogP contribution in [0.4, 0.5) is 0 Å². The maximum Gasteiger partial charge on any atom is 0.304 e. The molecule has 0 spiro atoms. The minimum absolute atomic E-state index is 0.0619. The number of benzene rings is 3. The fourth-order valence-corrected chi connectivity index (χ4v) is 5.64. The van der Waals surface area contributed by atoms with Crippen LogP contribution in [0.2, 0.25) is 0 Å². The lowest BCUT2D eigenvalue weighted by molar-refractivity contribution is -0.137. The molecule has 3 aromatic carbocycles. The molecular weight excluding hydrogens is 494 g/mol. The van der Waals surface area contributed by atoms with Gasteiger partial charge in [0.05, 0.1) is 13.0 Å². The average molecular weight is 530 g/mol. The van der Waals surface area contributed by atoms with Gasteiger partial charge >= 0.3 is 5.97 Å². The maximum absolute atomic E-state index is 11.6. The van der Waals surface area contributed by atoms with Crippen molar-refractivity contribution in [1.82, 2.24) is 4.90 Å². The zero-order valence-corrected chi connectivity index (χ0v) is 22.7. The van der Waals surface area contributed by atoms with E-state index in [1.165, 1.54) is 5.56 Å². The molecule has 1 amide bonds. The van der Waals surface area contributed by atoms with Gasteiger partial charge < -0.3 is 24.2 Å². The van der Waals surface area contributed by atoms with Crippen molar-refractivity contribution in [2.75, 3.05) is 19.7 Å². The number of ether oxygens (including phenoxy) is 3. The summed E-state index contributed by atoms with van der Waals surface area (Å²) in [6, 6.07) is 18.2. The molecule has 5 rings (SSSR count). The molecule has 0 aromatic heterocycles. The van der Waals surface area contributed by atoms with Crippen molar-refractivity contribution in [3.8, 4) is 28.4 Å². The first kappa shape index (κ1) is 26.6. The second kappa shape index (κ2) is 11.4. The summed E-state index contributed by atoms with van der Waals surface area (Å²) in [5.74, 6) is 1.45. The van der Waals surface area contributed by atoms with Gasteiger partial charge in [-0.25, -0.2) is 0 Å². The molecule has 0 saturated carbocycles. The summed E-state index contributed by atoms with van der Waals surface area (Å²) >= 11 is 0. The summed E-state index contributed by atoms with van der Waals surface area (Å²) in [6.45, 7) is 8.12. The summed E-state index contributed by atoms with van der Waals surface area (Å²) in [6.07, 6.45) is 1.88. The molecular formula is C32H35NO6. The lowest BCUT2D eigenvalue weighted by Gasteiger charge is -2.31. The normalized spacial score (nSPS) is 16.9. The third kappa shape index (κ3) is 6.19. The Hall–Kier alpha value is -4.00. The standard InChI is InChI=1S/C32H35NO6/c1-20-13-28(39-26-9-11-33(12-10-26)22(3)34)14-21(2)32(20)24-6-4-5-23(15-24)18-37-27-7-8-29-25(16-31(35)36)19-38-30(29)17-27/h4-8,13-15,17,25-26H,9-12,16,18-19H2,1-3H3,(H,35,36)/t25-/m1/s1. The van der Waals surface area contributed by atoms with Gasteiger partial charge in [0.1, 0.15) is 30.0 Å². The van der Waals surface area contributed by atoms with E-state index in [0.29, 0.717) is 24.7 Å². The SMILES string of the molecule is CC(=O)N1CCC(Oc2cc(C)c(-c3cccc(COc4ccc5c(c4)OC[C@H]5CC(=O)O)c3)c(C)c2)CC1. The lowest BCUT2D eigenvalue weighted by atomic mass is 9.94. The first-order valence-corrected chi connectivity index (χ1v) is 13.5. The smallest absolute Gasteiger partial charge is 0.304 e. The predicted molar refractivity (Wildman–Crippen MR) is 149 cm³/mol. The van der Waals surface area contributed by atoms with Crippen molar-refractivity contribution in [1.29, 1.82) is 0 Å². The van der Waals surface area contributed by atoms with E-state index in [4.69, 9.17) is 19.3 Å². The average Bonchev–Trinajstić information content (AvgIpc) is 3.29. The second-order valence-electron chi connectivity index (χ2n) is 10.5. The number of aliphatic carboxylic acids is 1. The van der Waals surface area contributed by atoms with Crippen LogP contribution in [0.5, 0.6) is 17.2 Å². The summed E-state index contributed by atoms with van der Waals surface area (Å²) in [5, 5.41) is 9.11. The summed E-state index contributed by atoms with van der Waals surface area (Å²) < 4.78 is 18.1. The van der Waals surface area contributed by atoms with Crippen molar-refractivity contribution in [3.05, 3.63) is 76.9 Å². The number of carbonyl (C=O) groups is 2. The number of rotatable bonds is 8. The molecule has 7 nitrogen and oxygen atoms in total. The molecule has 2 aliphatic heterocycles. The molecule has 1 atom stereocenters. The highest BCUT2D eigenvalue weighted by molar-refractivity contribution is 5.73. The Morgan fingerprint density at radius 2 is 1.74 bits per heavy atom. The first-order chi connectivity index (χ1) is 18.8. The van der Waals surface area contributed by atoms with Crippen molar-refractivity contribution in [2.45, 2.75) is 58.7 Å². The molecule has 0 bridgehead atoms. The van der Waals surface area contributed by atoms with Gasteiger partial charge in [0, 0.05) is 50.4 Å². The van der Waals surface area contributed by atoms with Crippen LogP contribution in [-0.4, -0.2) is 47.7 Å². The third-order valence-corrected chi connectivity index (χ3v) is 7.60. The molecule has 39 heavy (non-hydrogen) atoms. The minimum atomic E-state index is -0.823. The van der Waals surface area contributed by atoms with Crippen LogP contribution in [0.25, 0.3) is 11.1 Å². The van der Waals surface area contributed by atoms with Crippen molar-refractivity contribution >= 4 is 11.9 Å². The van der Waals surface area contributed by atoms with E-state index in [0.717, 1.165) is 59.5 Å². The van der Waals surface area contributed by atoms with E-state index in [1.54, 1.807) is 6.92 Å². The van der Waals surface area contributed by atoms with E-state index in [1.807, 2.05) is 35.2 Å². The molecule has 0 radical (unpaired) electrons. The van der Waals surface area contributed by atoms with Crippen LogP contribution < -0.4 is 14.2 Å². The van der Waals surface area contributed by atoms with Crippen LogP contribution in [0.15, 0.2) is 54.6 Å². The minimum Gasteiger partial charge on any atom is -0.492 e. The van der Waals surface area contributed by atoms with Gasteiger partial charge in [0.25, 0.3) is 0 Å². The molecule has 7 heteroatoms. The van der Waals surface area contributed by atoms with Gasteiger partial charge in [-0.05, 0) is 65.9 Å². The van der Waals surface area contributed by atoms with Crippen LogP contribution in [0.3, 0.4) is 0 Å². The summed E-state index contributed by atoms with van der Waals surface area (Å²) in [4.78, 5) is 24.6. The third-order valence-electron chi connectivity index (χ3n) is 7.60. The Bertz CT molecular complexity index is 1350. The number of hydrogen-bond acceptors (Lipinski definition) is 5. The highest BCUT2D eigenvalue weighted by Crippen LogP contribution is 2.38. The zero-order chi connectivity index (χ0) is 27.5.